The maximum absolute atomic E-state index is 11.0. The first kappa shape index (κ1) is 11.2. The first-order chi connectivity index (χ1) is 5.72. The average Bonchev–Trinajstić information content (AvgIpc) is 2.10. The van der Waals surface area contributed by atoms with E-state index in [0.29, 0.717) is 19.8 Å². The molecule has 5 nitrogen and oxygen atoms in total. The fourth-order valence-electron chi connectivity index (χ4n) is 0.459. The van der Waals surface area contributed by atoms with Crippen LogP contribution in [0, 0.1) is 0 Å². The molecule has 0 saturated heterocycles. The minimum Gasteiger partial charge on any atom is -0.382 e. The van der Waals surface area contributed by atoms with Gasteiger partial charge in [0.05, 0.1) is 13.2 Å². The Morgan fingerprint density at radius 3 is 2.67 bits per heavy atom. The van der Waals surface area contributed by atoms with E-state index in [1.807, 2.05) is 6.92 Å². The third-order valence-corrected chi connectivity index (χ3v) is 1.37. The van der Waals surface area contributed by atoms with Crippen molar-refractivity contribution in [3.63, 3.8) is 0 Å². The quantitative estimate of drug-likeness (QED) is 0.481. The molecule has 0 atom stereocenters. The molecule has 0 bridgehead atoms. The first-order valence-corrected chi connectivity index (χ1v) is 3.84. The highest BCUT2D eigenvalue weighted by Gasteiger charge is 2.03. The summed E-state index contributed by atoms with van der Waals surface area (Å²) in [4.78, 5) is 17.3. The molecule has 0 spiro atoms. The van der Waals surface area contributed by atoms with Crippen LogP contribution in [0.4, 0.5) is 4.79 Å². The minimum absolute atomic E-state index is 0.242. The van der Waals surface area contributed by atoms with Gasteiger partial charge < -0.3 is 9.64 Å². The van der Waals surface area contributed by atoms with Gasteiger partial charge in [-0.15, -0.1) is 0 Å². The van der Waals surface area contributed by atoms with Crippen LogP contribution < -0.4 is 5.48 Å². The molecule has 0 unspecified atom stereocenters. The summed E-state index contributed by atoms with van der Waals surface area (Å²) in [6.45, 7) is 3.37. The molecule has 0 radical (unpaired) electrons. The Balaban J connectivity index is 3.31. The monoisotopic (exact) mass is 176 g/mol. The molecule has 2 amide bonds. The molecule has 72 valence electrons. The second-order valence-corrected chi connectivity index (χ2v) is 2.26. The van der Waals surface area contributed by atoms with Gasteiger partial charge in [-0.2, -0.15) is 0 Å². The number of urea groups is 1. The molecule has 12 heavy (non-hydrogen) atoms. The van der Waals surface area contributed by atoms with Gasteiger partial charge >= 0.3 is 6.03 Å². The predicted molar refractivity (Wildman–Crippen MR) is 44.7 cm³/mol. The SMILES string of the molecule is CCN(C)C(=O)NOCCOC. The number of carbonyl (C=O) groups is 1. The molecule has 0 aliphatic heterocycles. The number of ether oxygens (including phenoxy) is 1. The standard InChI is InChI=1S/C7H16N2O3/c1-4-9(2)7(10)8-12-6-5-11-3/h4-6H2,1-3H3,(H,8,10). The Bertz CT molecular complexity index is 130. The summed E-state index contributed by atoms with van der Waals surface area (Å²) in [5.41, 5.74) is 2.28. The van der Waals surface area contributed by atoms with Crippen LogP contribution in [-0.4, -0.2) is 44.8 Å². The van der Waals surface area contributed by atoms with Gasteiger partial charge in [0, 0.05) is 20.7 Å². The molecule has 0 aliphatic rings. The van der Waals surface area contributed by atoms with E-state index in [-0.39, 0.29) is 6.03 Å². The third-order valence-electron chi connectivity index (χ3n) is 1.37. The van der Waals surface area contributed by atoms with Gasteiger partial charge in [-0.25, -0.2) is 10.3 Å². The zero-order valence-corrected chi connectivity index (χ0v) is 7.79. The highest BCUT2D eigenvalue weighted by molar-refractivity contribution is 5.72. The Labute approximate surface area is 72.6 Å². The molecular weight excluding hydrogens is 160 g/mol. The number of methoxy groups -OCH3 is 1. The van der Waals surface area contributed by atoms with Crippen molar-refractivity contribution in [2.45, 2.75) is 6.92 Å². The van der Waals surface area contributed by atoms with Crippen molar-refractivity contribution in [1.29, 1.82) is 0 Å². The topological polar surface area (TPSA) is 50.8 Å². The van der Waals surface area contributed by atoms with Crippen molar-refractivity contribution in [2.75, 3.05) is 33.9 Å². The lowest BCUT2D eigenvalue weighted by Gasteiger charge is -2.14. The first-order valence-electron chi connectivity index (χ1n) is 3.84. The van der Waals surface area contributed by atoms with E-state index in [9.17, 15) is 4.79 Å². The number of nitrogens with zero attached hydrogens (tertiary/aromatic N) is 1. The molecule has 0 aromatic heterocycles. The van der Waals surface area contributed by atoms with Crippen molar-refractivity contribution in [2.24, 2.45) is 0 Å². The molecule has 5 heteroatoms. The van der Waals surface area contributed by atoms with Crippen molar-refractivity contribution >= 4 is 6.03 Å². The summed E-state index contributed by atoms with van der Waals surface area (Å²) in [6, 6.07) is -0.242. The molecular formula is C7H16N2O3. The summed E-state index contributed by atoms with van der Waals surface area (Å²) in [6.07, 6.45) is 0. The van der Waals surface area contributed by atoms with Crippen LogP contribution in [-0.2, 0) is 9.57 Å². The Hall–Kier alpha value is -0.810. The zero-order chi connectivity index (χ0) is 9.40. The van der Waals surface area contributed by atoms with E-state index in [1.54, 1.807) is 14.2 Å². The highest BCUT2D eigenvalue weighted by Crippen LogP contribution is 1.82. The van der Waals surface area contributed by atoms with Gasteiger partial charge in [0.15, 0.2) is 0 Å². The van der Waals surface area contributed by atoms with E-state index in [1.165, 1.54) is 4.90 Å². The van der Waals surface area contributed by atoms with E-state index in [0.717, 1.165) is 0 Å². The summed E-state index contributed by atoms with van der Waals surface area (Å²) in [7, 11) is 3.26. The van der Waals surface area contributed by atoms with Gasteiger partial charge in [-0.3, -0.25) is 4.84 Å². The lowest BCUT2D eigenvalue weighted by atomic mass is 10.6. The summed E-state index contributed by atoms with van der Waals surface area (Å²) >= 11 is 0. The van der Waals surface area contributed by atoms with Crippen molar-refractivity contribution in [1.82, 2.24) is 10.4 Å². The van der Waals surface area contributed by atoms with Crippen molar-refractivity contribution in [3.05, 3.63) is 0 Å². The van der Waals surface area contributed by atoms with Crippen LogP contribution in [0.25, 0.3) is 0 Å². The third kappa shape index (κ3) is 4.92. The van der Waals surface area contributed by atoms with E-state index >= 15 is 0 Å². The van der Waals surface area contributed by atoms with E-state index in [2.05, 4.69) is 5.48 Å². The van der Waals surface area contributed by atoms with Crippen LogP contribution >= 0.6 is 0 Å². The summed E-state index contributed by atoms with van der Waals surface area (Å²) in [5.74, 6) is 0. The lowest BCUT2D eigenvalue weighted by Crippen LogP contribution is -2.37. The molecule has 0 aromatic carbocycles. The Kier molecular flexibility index (Phi) is 6.41. The minimum atomic E-state index is -0.242. The average molecular weight is 176 g/mol. The second-order valence-electron chi connectivity index (χ2n) is 2.26. The van der Waals surface area contributed by atoms with E-state index in [4.69, 9.17) is 9.57 Å². The van der Waals surface area contributed by atoms with Gasteiger partial charge in [0.1, 0.15) is 0 Å². The Morgan fingerprint density at radius 1 is 1.50 bits per heavy atom. The summed E-state index contributed by atoms with van der Waals surface area (Å²) in [5, 5.41) is 0. The van der Waals surface area contributed by atoms with Crippen molar-refractivity contribution < 1.29 is 14.4 Å². The van der Waals surface area contributed by atoms with Crippen LogP contribution in [0.2, 0.25) is 0 Å². The molecule has 0 heterocycles. The smallest absolute Gasteiger partial charge is 0.341 e. The van der Waals surface area contributed by atoms with Gasteiger partial charge in [0.2, 0.25) is 0 Å². The number of hydrogen-bond acceptors (Lipinski definition) is 3. The molecule has 0 aliphatic carbocycles. The molecule has 1 N–H and O–H groups in total. The maximum atomic E-state index is 11.0. The van der Waals surface area contributed by atoms with Crippen molar-refractivity contribution in [3.8, 4) is 0 Å². The second kappa shape index (κ2) is 6.87. The van der Waals surface area contributed by atoms with Gasteiger partial charge in [-0.1, -0.05) is 0 Å². The largest absolute Gasteiger partial charge is 0.382 e. The lowest BCUT2D eigenvalue weighted by molar-refractivity contribution is 0.0178. The normalized spacial score (nSPS) is 9.58. The van der Waals surface area contributed by atoms with Gasteiger partial charge in [-0.05, 0) is 6.92 Å². The fourth-order valence-corrected chi connectivity index (χ4v) is 0.459. The van der Waals surface area contributed by atoms with Crippen LogP contribution in [0.1, 0.15) is 6.92 Å². The van der Waals surface area contributed by atoms with Crippen LogP contribution in [0.3, 0.4) is 0 Å². The summed E-state index contributed by atoms with van der Waals surface area (Å²) < 4.78 is 4.72. The predicted octanol–water partition coefficient (Wildman–Crippen LogP) is 0.226. The number of amides is 2. The number of hydrogen-bond donors (Lipinski definition) is 1. The zero-order valence-electron chi connectivity index (χ0n) is 7.79. The fraction of sp³-hybridized carbons (Fsp3) is 0.857. The molecule has 0 saturated carbocycles. The van der Waals surface area contributed by atoms with Crippen LogP contribution in [0.15, 0.2) is 0 Å². The maximum Gasteiger partial charge on any atom is 0.341 e. The van der Waals surface area contributed by atoms with Crippen LogP contribution in [0.5, 0.6) is 0 Å². The number of hydroxylamine groups is 1. The highest BCUT2D eigenvalue weighted by atomic mass is 16.7. The van der Waals surface area contributed by atoms with E-state index < -0.39 is 0 Å². The molecule has 0 aromatic rings. The number of rotatable bonds is 5. The number of carbonyl (C=O) groups excluding carboxylic acids is 1. The molecule has 0 fully saturated rings. The number of nitrogens with one attached hydrogen (secondary N) is 1. The molecule has 0 rings (SSSR count). The Morgan fingerprint density at radius 2 is 2.17 bits per heavy atom. The van der Waals surface area contributed by atoms with Gasteiger partial charge in [0.25, 0.3) is 0 Å².